The van der Waals surface area contributed by atoms with Gasteiger partial charge in [0.25, 0.3) is 0 Å². The number of aliphatic hydroxyl groups is 1. The molecule has 7 heteroatoms. The summed E-state index contributed by atoms with van der Waals surface area (Å²) >= 11 is 0. The molecule has 1 amide bonds. The summed E-state index contributed by atoms with van der Waals surface area (Å²) in [6, 6.07) is 8.06. The van der Waals surface area contributed by atoms with E-state index in [4.69, 9.17) is 9.47 Å². The highest BCUT2D eigenvalue weighted by atomic mass is 16.5. The van der Waals surface area contributed by atoms with Crippen LogP contribution in [0.2, 0.25) is 0 Å². The number of amides is 1. The molecule has 0 heterocycles. The number of hydrogen-bond acceptors (Lipinski definition) is 6. The van der Waals surface area contributed by atoms with Crippen molar-refractivity contribution in [2.45, 2.75) is 155 Å². The van der Waals surface area contributed by atoms with Gasteiger partial charge in [-0.05, 0) is 24.8 Å². The van der Waals surface area contributed by atoms with Gasteiger partial charge in [0.05, 0.1) is 13.0 Å². The zero-order chi connectivity index (χ0) is 30.0. The number of hydrogen-bond donors (Lipinski definition) is 2. The highest BCUT2D eigenvalue weighted by Crippen LogP contribution is 2.16. The molecular weight excluding hydrogens is 518 g/mol. The number of ether oxygens (including phenoxy) is 2. The summed E-state index contributed by atoms with van der Waals surface area (Å²) in [5.41, 5.74) is 0.817. The lowest BCUT2D eigenvalue weighted by Crippen LogP contribution is -2.45. The standard InChI is InChI=1S/C34H57NO6/c1-3-5-7-9-11-12-14-15-20-24-30(41-33(38)25-21-16-13-10-8-6-4-2)26-32(37)35-31(27-36)34(39)40-28-29-22-18-17-19-23-29/h17-19,22-23,30-31,36H,3-16,20-21,24-28H2,1-2H3,(H,35,37)/t30-,31-/m1/s1. The molecule has 0 bridgehead atoms. The Morgan fingerprint density at radius 2 is 1.29 bits per heavy atom. The van der Waals surface area contributed by atoms with Crippen molar-refractivity contribution in [3.63, 3.8) is 0 Å². The van der Waals surface area contributed by atoms with Crippen LogP contribution in [0.5, 0.6) is 0 Å². The van der Waals surface area contributed by atoms with Crippen molar-refractivity contribution in [3.8, 4) is 0 Å². The van der Waals surface area contributed by atoms with Crippen LogP contribution in [-0.2, 0) is 30.5 Å². The van der Waals surface area contributed by atoms with Gasteiger partial charge < -0.3 is 19.9 Å². The summed E-state index contributed by atoms with van der Waals surface area (Å²) in [4.78, 5) is 37.8. The average molecular weight is 576 g/mol. The summed E-state index contributed by atoms with van der Waals surface area (Å²) in [7, 11) is 0. The Hall–Kier alpha value is -2.41. The molecule has 0 aromatic heterocycles. The molecule has 0 unspecified atom stereocenters. The van der Waals surface area contributed by atoms with E-state index in [9.17, 15) is 19.5 Å². The van der Waals surface area contributed by atoms with Gasteiger partial charge in [0.15, 0.2) is 6.04 Å². The second kappa shape index (κ2) is 25.3. The van der Waals surface area contributed by atoms with Gasteiger partial charge in [0.1, 0.15) is 12.7 Å². The Morgan fingerprint density at radius 1 is 0.756 bits per heavy atom. The molecule has 0 aliphatic carbocycles. The molecule has 2 N–H and O–H groups in total. The molecule has 234 valence electrons. The summed E-state index contributed by atoms with van der Waals surface area (Å²) in [6.07, 6.45) is 18.9. The summed E-state index contributed by atoms with van der Waals surface area (Å²) in [6.45, 7) is 3.91. The first kappa shape index (κ1) is 36.6. The maximum Gasteiger partial charge on any atom is 0.331 e. The number of nitrogens with one attached hydrogen (secondary N) is 1. The molecule has 2 atom stereocenters. The monoisotopic (exact) mass is 575 g/mol. The Bertz CT molecular complexity index is 800. The maximum absolute atomic E-state index is 12.8. The fourth-order valence-electron chi connectivity index (χ4n) is 4.83. The lowest BCUT2D eigenvalue weighted by atomic mass is 10.0. The number of esters is 2. The predicted octanol–water partition coefficient (Wildman–Crippen LogP) is 7.57. The minimum atomic E-state index is -1.16. The van der Waals surface area contributed by atoms with Gasteiger partial charge in [-0.15, -0.1) is 0 Å². The van der Waals surface area contributed by atoms with E-state index in [1.165, 1.54) is 64.2 Å². The van der Waals surface area contributed by atoms with Crippen LogP contribution in [0.15, 0.2) is 30.3 Å². The number of benzene rings is 1. The third-order valence-corrected chi connectivity index (χ3v) is 7.35. The molecule has 0 saturated carbocycles. The molecular formula is C34H57NO6. The van der Waals surface area contributed by atoms with Crippen LogP contribution in [-0.4, -0.2) is 41.7 Å². The number of carbonyl (C=O) groups excluding carboxylic acids is 3. The molecule has 0 aliphatic rings. The highest BCUT2D eigenvalue weighted by molar-refractivity contribution is 5.85. The zero-order valence-corrected chi connectivity index (χ0v) is 25.9. The summed E-state index contributed by atoms with van der Waals surface area (Å²) in [5.74, 6) is -1.41. The first-order chi connectivity index (χ1) is 20.0. The SMILES string of the molecule is CCCCCCCCCCC[C@H](CC(=O)N[C@H](CO)C(=O)OCc1ccccc1)OC(=O)CCCCCCCCC. The molecule has 1 aromatic rings. The van der Waals surface area contributed by atoms with E-state index in [2.05, 4.69) is 19.2 Å². The predicted molar refractivity (Wildman–Crippen MR) is 164 cm³/mol. The Labute approximate surface area is 249 Å². The number of rotatable bonds is 26. The van der Waals surface area contributed by atoms with Crippen molar-refractivity contribution in [1.82, 2.24) is 5.32 Å². The zero-order valence-electron chi connectivity index (χ0n) is 25.9. The fourth-order valence-corrected chi connectivity index (χ4v) is 4.83. The van der Waals surface area contributed by atoms with Crippen molar-refractivity contribution in [2.24, 2.45) is 0 Å². The Kier molecular flexibility index (Phi) is 22.6. The van der Waals surface area contributed by atoms with Crippen molar-refractivity contribution < 1.29 is 29.0 Å². The Balaban J connectivity index is 2.51. The molecule has 1 aromatic carbocycles. The van der Waals surface area contributed by atoms with Crippen molar-refractivity contribution in [1.29, 1.82) is 0 Å². The molecule has 7 nitrogen and oxygen atoms in total. The largest absolute Gasteiger partial charge is 0.462 e. The molecule has 0 radical (unpaired) electrons. The molecule has 41 heavy (non-hydrogen) atoms. The minimum absolute atomic E-state index is 0.0394. The number of unbranched alkanes of at least 4 members (excludes halogenated alkanes) is 14. The lowest BCUT2D eigenvalue weighted by Gasteiger charge is -2.20. The third-order valence-electron chi connectivity index (χ3n) is 7.35. The normalized spacial score (nSPS) is 12.5. The van der Waals surface area contributed by atoms with E-state index >= 15 is 0 Å². The quantitative estimate of drug-likeness (QED) is 0.0872. The lowest BCUT2D eigenvalue weighted by molar-refractivity contribution is -0.153. The van der Waals surface area contributed by atoms with Crippen molar-refractivity contribution in [2.75, 3.05) is 6.61 Å². The minimum Gasteiger partial charge on any atom is -0.462 e. The van der Waals surface area contributed by atoms with E-state index in [1.807, 2.05) is 30.3 Å². The smallest absolute Gasteiger partial charge is 0.331 e. The number of aliphatic hydroxyl groups excluding tert-OH is 1. The van der Waals surface area contributed by atoms with Gasteiger partial charge in [0, 0.05) is 6.42 Å². The molecule has 0 aliphatic heterocycles. The summed E-state index contributed by atoms with van der Waals surface area (Å²) in [5, 5.41) is 12.3. The van der Waals surface area contributed by atoms with Gasteiger partial charge in [-0.25, -0.2) is 4.79 Å². The van der Waals surface area contributed by atoms with E-state index in [-0.39, 0.29) is 19.0 Å². The second-order valence-corrected chi connectivity index (χ2v) is 11.2. The van der Waals surface area contributed by atoms with Crippen LogP contribution in [0, 0.1) is 0 Å². The van der Waals surface area contributed by atoms with E-state index < -0.39 is 30.6 Å². The number of carbonyl (C=O) groups is 3. The van der Waals surface area contributed by atoms with Crippen LogP contribution >= 0.6 is 0 Å². The van der Waals surface area contributed by atoms with Crippen molar-refractivity contribution >= 4 is 17.8 Å². The van der Waals surface area contributed by atoms with Gasteiger partial charge in [-0.3, -0.25) is 9.59 Å². The van der Waals surface area contributed by atoms with E-state index in [1.54, 1.807) is 0 Å². The molecule has 0 spiro atoms. The first-order valence-electron chi connectivity index (χ1n) is 16.3. The maximum atomic E-state index is 12.8. The van der Waals surface area contributed by atoms with E-state index in [0.717, 1.165) is 44.1 Å². The highest BCUT2D eigenvalue weighted by Gasteiger charge is 2.24. The third kappa shape index (κ3) is 20.2. The molecule has 0 saturated heterocycles. The van der Waals surface area contributed by atoms with Gasteiger partial charge in [-0.2, -0.15) is 0 Å². The van der Waals surface area contributed by atoms with Crippen LogP contribution in [0.4, 0.5) is 0 Å². The van der Waals surface area contributed by atoms with Crippen LogP contribution in [0.1, 0.15) is 141 Å². The van der Waals surface area contributed by atoms with E-state index in [0.29, 0.717) is 12.8 Å². The Morgan fingerprint density at radius 3 is 1.85 bits per heavy atom. The van der Waals surface area contributed by atoms with Crippen LogP contribution in [0.25, 0.3) is 0 Å². The van der Waals surface area contributed by atoms with Gasteiger partial charge in [0.2, 0.25) is 5.91 Å². The van der Waals surface area contributed by atoms with Gasteiger partial charge in [-0.1, -0.05) is 134 Å². The molecule has 1 rings (SSSR count). The summed E-state index contributed by atoms with van der Waals surface area (Å²) < 4.78 is 11.0. The van der Waals surface area contributed by atoms with Crippen molar-refractivity contribution in [3.05, 3.63) is 35.9 Å². The molecule has 0 fully saturated rings. The topological polar surface area (TPSA) is 102 Å². The van der Waals surface area contributed by atoms with Crippen LogP contribution < -0.4 is 5.32 Å². The second-order valence-electron chi connectivity index (χ2n) is 11.2. The van der Waals surface area contributed by atoms with Gasteiger partial charge >= 0.3 is 11.9 Å². The fraction of sp³-hybridized carbons (Fsp3) is 0.735. The van der Waals surface area contributed by atoms with Crippen LogP contribution in [0.3, 0.4) is 0 Å². The first-order valence-corrected chi connectivity index (χ1v) is 16.3. The average Bonchev–Trinajstić information content (AvgIpc) is 2.97.